The fourth-order valence-corrected chi connectivity index (χ4v) is 1.62. The van der Waals surface area contributed by atoms with Crippen LogP contribution in [0.3, 0.4) is 0 Å². The fraction of sp³-hybridized carbons (Fsp3) is 0.273. The normalized spacial score (nSPS) is 12.9. The molecule has 0 bridgehead atoms. The lowest BCUT2D eigenvalue weighted by Gasteiger charge is -2.08. The van der Waals surface area contributed by atoms with Crippen molar-refractivity contribution in [2.24, 2.45) is 11.5 Å². The van der Waals surface area contributed by atoms with E-state index in [2.05, 4.69) is 4.98 Å². The lowest BCUT2D eigenvalue weighted by atomic mass is 10.0. The molecule has 0 saturated carbocycles. The second-order valence-corrected chi connectivity index (χ2v) is 3.74. The summed E-state index contributed by atoms with van der Waals surface area (Å²) in [7, 11) is 0. The molecule has 1 aromatic carbocycles. The van der Waals surface area contributed by atoms with Crippen LogP contribution >= 0.6 is 0 Å². The van der Waals surface area contributed by atoms with Crippen molar-refractivity contribution in [1.29, 1.82) is 0 Å². The number of fused-ring (bicyclic) bond motifs is 1. The first-order valence-corrected chi connectivity index (χ1v) is 4.97. The molecule has 0 saturated heterocycles. The smallest absolute Gasteiger partial charge is 0.219 e. The predicted octanol–water partition coefficient (Wildman–Crippen LogP) is 1.01. The summed E-state index contributed by atoms with van der Waals surface area (Å²) in [6, 6.07) is 5.05. The Balaban J connectivity index is 2.34. The number of carbonyl (C=O) groups excluding carboxylic acids is 1. The maximum absolute atomic E-state index is 10.8. The maximum atomic E-state index is 10.8. The van der Waals surface area contributed by atoms with E-state index in [1.807, 2.05) is 12.1 Å². The van der Waals surface area contributed by atoms with Crippen LogP contribution in [0.25, 0.3) is 11.1 Å². The first kappa shape index (κ1) is 10.6. The Kier molecular flexibility index (Phi) is 2.62. The van der Waals surface area contributed by atoms with Gasteiger partial charge in [0.15, 0.2) is 11.5 Å². The predicted molar refractivity (Wildman–Crippen MR) is 59.5 cm³/mol. The molecule has 0 spiro atoms. The number of hydrogen-bond donors (Lipinski definition) is 2. The van der Waals surface area contributed by atoms with E-state index < -0.39 is 5.91 Å². The van der Waals surface area contributed by atoms with Crippen LogP contribution < -0.4 is 11.5 Å². The van der Waals surface area contributed by atoms with Crippen LogP contribution in [0.1, 0.15) is 23.9 Å². The zero-order chi connectivity index (χ0) is 11.7. The Bertz CT molecular complexity index is 533. The fourth-order valence-electron chi connectivity index (χ4n) is 1.62. The van der Waals surface area contributed by atoms with Gasteiger partial charge >= 0.3 is 0 Å². The zero-order valence-electron chi connectivity index (χ0n) is 8.93. The van der Waals surface area contributed by atoms with Crippen molar-refractivity contribution >= 4 is 17.0 Å². The molecule has 1 unspecified atom stereocenters. The first-order valence-electron chi connectivity index (χ1n) is 4.97. The van der Waals surface area contributed by atoms with Crippen LogP contribution in [0.15, 0.2) is 22.6 Å². The molecule has 2 rings (SSSR count). The third-order valence-corrected chi connectivity index (χ3v) is 2.37. The topological polar surface area (TPSA) is 95.1 Å². The molecule has 0 aliphatic rings. The summed E-state index contributed by atoms with van der Waals surface area (Å²) >= 11 is 0. The molecule has 1 aromatic heterocycles. The summed E-state index contributed by atoms with van der Waals surface area (Å²) in [5.41, 5.74) is 13.2. The number of carbonyl (C=O) groups is 1. The van der Waals surface area contributed by atoms with Crippen molar-refractivity contribution in [1.82, 2.24) is 4.98 Å². The van der Waals surface area contributed by atoms with Crippen LogP contribution in [0.2, 0.25) is 0 Å². The molecule has 5 heteroatoms. The van der Waals surface area contributed by atoms with Gasteiger partial charge in [0.05, 0.1) is 0 Å². The van der Waals surface area contributed by atoms with Gasteiger partial charge in [-0.15, -0.1) is 0 Å². The molecule has 1 atom stereocenters. The average Bonchev–Trinajstić information content (AvgIpc) is 2.55. The van der Waals surface area contributed by atoms with Gasteiger partial charge in [0.1, 0.15) is 5.52 Å². The lowest BCUT2D eigenvalue weighted by molar-refractivity contribution is -0.118. The van der Waals surface area contributed by atoms with Crippen molar-refractivity contribution in [3.05, 3.63) is 29.7 Å². The Labute approximate surface area is 92.4 Å². The second kappa shape index (κ2) is 3.94. The minimum absolute atomic E-state index is 0.127. The number of rotatable bonds is 3. The van der Waals surface area contributed by atoms with Crippen LogP contribution in [-0.2, 0) is 4.79 Å². The second-order valence-electron chi connectivity index (χ2n) is 3.74. The molecular formula is C11H13N3O2. The van der Waals surface area contributed by atoms with Crippen molar-refractivity contribution in [3.63, 3.8) is 0 Å². The molecule has 16 heavy (non-hydrogen) atoms. The average molecular weight is 219 g/mol. The number of nitrogens with two attached hydrogens (primary N) is 2. The van der Waals surface area contributed by atoms with Crippen LogP contribution in [0, 0.1) is 6.92 Å². The number of primary amides is 1. The van der Waals surface area contributed by atoms with Crippen LogP contribution in [-0.4, -0.2) is 10.9 Å². The minimum Gasteiger partial charge on any atom is -0.441 e. The molecule has 0 fully saturated rings. The summed E-state index contributed by atoms with van der Waals surface area (Å²) < 4.78 is 5.34. The number of nitrogens with zero attached hydrogens (tertiary/aromatic N) is 1. The molecule has 1 heterocycles. The lowest BCUT2D eigenvalue weighted by Crippen LogP contribution is -2.20. The number of benzene rings is 1. The molecule has 84 valence electrons. The van der Waals surface area contributed by atoms with Gasteiger partial charge in [-0.05, 0) is 17.7 Å². The monoisotopic (exact) mass is 219 g/mol. The van der Waals surface area contributed by atoms with Gasteiger partial charge in [-0.25, -0.2) is 4.98 Å². The van der Waals surface area contributed by atoms with E-state index in [0.29, 0.717) is 11.5 Å². The molecule has 2 aromatic rings. The molecular weight excluding hydrogens is 206 g/mol. The van der Waals surface area contributed by atoms with E-state index in [1.54, 1.807) is 13.0 Å². The highest BCUT2D eigenvalue weighted by molar-refractivity contribution is 5.76. The number of hydrogen-bond acceptors (Lipinski definition) is 4. The molecule has 4 N–H and O–H groups in total. The summed E-state index contributed by atoms with van der Waals surface area (Å²) in [6.07, 6.45) is 0.127. The highest BCUT2D eigenvalue weighted by Crippen LogP contribution is 2.21. The minimum atomic E-state index is -0.413. The van der Waals surface area contributed by atoms with Crippen LogP contribution in [0.5, 0.6) is 0 Å². The Hall–Kier alpha value is -1.88. The molecule has 5 nitrogen and oxygen atoms in total. The van der Waals surface area contributed by atoms with E-state index in [9.17, 15) is 4.79 Å². The van der Waals surface area contributed by atoms with Crippen LogP contribution in [0.4, 0.5) is 0 Å². The van der Waals surface area contributed by atoms with Gasteiger partial charge < -0.3 is 15.9 Å². The highest BCUT2D eigenvalue weighted by Gasteiger charge is 2.11. The van der Waals surface area contributed by atoms with Gasteiger partial charge in [0.2, 0.25) is 5.91 Å². The van der Waals surface area contributed by atoms with Gasteiger partial charge in [0, 0.05) is 19.4 Å². The van der Waals surface area contributed by atoms with E-state index in [1.165, 1.54) is 0 Å². The third kappa shape index (κ3) is 2.04. The highest BCUT2D eigenvalue weighted by atomic mass is 16.3. The van der Waals surface area contributed by atoms with Gasteiger partial charge in [-0.1, -0.05) is 6.07 Å². The quantitative estimate of drug-likeness (QED) is 0.805. The maximum Gasteiger partial charge on any atom is 0.219 e. The van der Waals surface area contributed by atoms with Crippen molar-refractivity contribution < 1.29 is 9.21 Å². The first-order chi connectivity index (χ1) is 7.56. The van der Waals surface area contributed by atoms with E-state index in [-0.39, 0.29) is 12.5 Å². The van der Waals surface area contributed by atoms with Gasteiger partial charge in [-0.2, -0.15) is 0 Å². The SMILES string of the molecule is Cc1nc2cc(C(N)CC(N)=O)ccc2o1. The number of amides is 1. The summed E-state index contributed by atoms with van der Waals surface area (Å²) in [5.74, 6) is 0.194. The number of aryl methyl sites for hydroxylation is 1. The molecule has 0 aliphatic carbocycles. The molecule has 0 aliphatic heterocycles. The number of aromatic nitrogens is 1. The Morgan fingerprint density at radius 3 is 3.00 bits per heavy atom. The summed E-state index contributed by atoms with van der Waals surface area (Å²) in [4.78, 5) is 15.0. The van der Waals surface area contributed by atoms with Gasteiger partial charge in [-0.3, -0.25) is 4.79 Å². The van der Waals surface area contributed by atoms with Gasteiger partial charge in [0.25, 0.3) is 0 Å². The van der Waals surface area contributed by atoms with Crippen molar-refractivity contribution in [2.75, 3.05) is 0 Å². The van der Waals surface area contributed by atoms with Crippen molar-refractivity contribution in [3.8, 4) is 0 Å². The van der Waals surface area contributed by atoms with E-state index in [4.69, 9.17) is 15.9 Å². The molecule has 0 radical (unpaired) electrons. The number of oxazole rings is 1. The van der Waals surface area contributed by atoms with Crippen molar-refractivity contribution in [2.45, 2.75) is 19.4 Å². The zero-order valence-corrected chi connectivity index (χ0v) is 8.93. The third-order valence-electron chi connectivity index (χ3n) is 2.37. The van der Waals surface area contributed by atoms with E-state index in [0.717, 1.165) is 11.1 Å². The largest absolute Gasteiger partial charge is 0.441 e. The Morgan fingerprint density at radius 1 is 1.56 bits per heavy atom. The Morgan fingerprint density at radius 2 is 2.31 bits per heavy atom. The summed E-state index contributed by atoms with van der Waals surface area (Å²) in [6.45, 7) is 1.78. The standard InChI is InChI=1S/C11H13N3O2/c1-6-14-9-4-7(2-3-10(9)16-6)8(12)5-11(13)15/h2-4,8H,5,12H2,1H3,(H2,13,15). The molecule has 1 amide bonds. The van der Waals surface area contributed by atoms with E-state index >= 15 is 0 Å². The summed E-state index contributed by atoms with van der Waals surface area (Å²) in [5, 5.41) is 0.